The number of nitrogens with zero attached hydrogens (tertiary/aromatic N) is 3. The van der Waals surface area contributed by atoms with Crippen molar-refractivity contribution < 1.29 is 4.79 Å². The van der Waals surface area contributed by atoms with E-state index in [1.807, 2.05) is 6.07 Å². The lowest BCUT2D eigenvalue weighted by Crippen LogP contribution is -2.33. The monoisotopic (exact) mass is 267 g/mol. The molecule has 1 unspecified atom stereocenters. The van der Waals surface area contributed by atoms with Crippen LogP contribution in [0.4, 0.5) is 0 Å². The van der Waals surface area contributed by atoms with E-state index in [9.17, 15) is 0 Å². The first-order valence-corrected chi connectivity index (χ1v) is 6.46. The van der Waals surface area contributed by atoms with Gasteiger partial charge in [0.15, 0.2) is 0 Å². The highest BCUT2D eigenvalue weighted by Gasteiger charge is 2.50. The Bertz CT molecular complexity index is 522. The Balaban J connectivity index is 1.83. The molecule has 0 aromatic carbocycles. The van der Waals surface area contributed by atoms with Crippen LogP contribution < -0.4 is 0 Å². The molecule has 0 bridgehead atoms. The van der Waals surface area contributed by atoms with Gasteiger partial charge in [0.05, 0.1) is 10.9 Å². The van der Waals surface area contributed by atoms with E-state index in [4.69, 9.17) is 28.7 Å². The molecule has 0 spiro atoms. The van der Waals surface area contributed by atoms with Crippen molar-refractivity contribution in [2.75, 3.05) is 0 Å². The second-order valence-electron chi connectivity index (χ2n) is 4.87. The van der Waals surface area contributed by atoms with Gasteiger partial charge in [-0.15, -0.1) is 0 Å². The molecule has 0 N–H and O–H groups in total. The van der Waals surface area contributed by atoms with Gasteiger partial charge in [-0.1, -0.05) is 23.2 Å². The highest BCUT2D eigenvalue weighted by atomic mass is 35.5. The van der Waals surface area contributed by atoms with Crippen LogP contribution in [0, 0.1) is 11.8 Å². The molecule has 1 aromatic heterocycles. The second kappa shape index (κ2) is 4.09. The molecule has 3 atom stereocenters. The third kappa shape index (κ3) is 1.79. The number of hydrogen-bond donors (Lipinski definition) is 0. The Morgan fingerprint density at radius 3 is 2.88 bits per heavy atom. The summed E-state index contributed by atoms with van der Waals surface area (Å²) < 4.78 is 0. The fourth-order valence-corrected chi connectivity index (χ4v) is 3.34. The normalized spacial score (nSPS) is 30.7. The molecule has 0 amide bonds. The van der Waals surface area contributed by atoms with Crippen molar-refractivity contribution >= 4 is 28.9 Å². The molecule has 2 saturated carbocycles. The quantitative estimate of drug-likeness (QED) is 0.436. The molecule has 0 radical (unpaired) electrons. The highest BCUT2D eigenvalue weighted by molar-refractivity contribution is 6.41. The van der Waals surface area contributed by atoms with Crippen LogP contribution >= 0.6 is 23.2 Å². The predicted molar refractivity (Wildman–Crippen MR) is 66.5 cm³/mol. The number of rotatable bonds is 1. The summed E-state index contributed by atoms with van der Waals surface area (Å²) in [6.07, 6.45) is 4.90. The van der Waals surface area contributed by atoms with E-state index in [1.54, 1.807) is 6.20 Å². The Hall–Kier alpha value is -0.890. The average Bonchev–Trinajstić information content (AvgIpc) is 2.62. The summed E-state index contributed by atoms with van der Waals surface area (Å²) in [6, 6.07) is 1.90. The summed E-state index contributed by atoms with van der Waals surface area (Å²) in [6.45, 7) is 0. The first-order valence-electron chi connectivity index (χ1n) is 5.70. The van der Waals surface area contributed by atoms with Crippen LogP contribution in [-0.4, -0.2) is 15.5 Å². The summed E-state index contributed by atoms with van der Waals surface area (Å²) in [5.41, 5.74) is 10.9. The largest absolute Gasteiger partial charge is 0.362 e. The van der Waals surface area contributed by atoms with Gasteiger partial charge < -0.3 is 5.53 Å². The first-order chi connectivity index (χ1) is 8.19. The molecule has 2 aliphatic carbocycles. The molecular formula is C12H11Cl2N3. The van der Waals surface area contributed by atoms with E-state index >= 15 is 0 Å². The molecule has 3 rings (SSSR count). The van der Waals surface area contributed by atoms with E-state index in [1.165, 1.54) is 0 Å². The molecule has 0 aliphatic heterocycles. The Kier molecular flexibility index (Phi) is 2.70. The van der Waals surface area contributed by atoms with Gasteiger partial charge in [-0.2, -0.15) is 4.79 Å². The van der Waals surface area contributed by atoms with Crippen LogP contribution in [0.2, 0.25) is 10.2 Å². The molecule has 3 nitrogen and oxygen atoms in total. The van der Waals surface area contributed by atoms with Gasteiger partial charge in [-0.05, 0) is 36.3 Å². The van der Waals surface area contributed by atoms with Crippen molar-refractivity contribution in [3.8, 4) is 0 Å². The minimum Gasteiger partial charge on any atom is -0.362 e. The van der Waals surface area contributed by atoms with Crippen molar-refractivity contribution in [2.24, 2.45) is 11.8 Å². The summed E-state index contributed by atoms with van der Waals surface area (Å²) in [5.74, 6) is 1.59. The van der Waals surface area contributed by atoms with Gasteiger partial charge in [0.1, 0.15) is 5.15 Å². The lowest BCUT2D eigenvalue weighted by atomic mass is 9.74. The van der Waals surface area contributed by atoms with E-state index in [0.29, 0.717) is 27.9 Å². The smallest absolute Gasteiger partial charge is 0.272 e. The molecule has 1 heterocycles. The maximum Gasteiger partial charge on any atom is 0.272 e. The summed E-state index contributed by atoms with van der Waals surface area (Å²) >= 11 is 11.8. The summed E-state index contributed by atoms with van der Waals surface area (Å²) in [7, 11) is 0. The third-order valence-corrected chi connectivity index (χ3v) is 4.70. The van der Waals surface area contributed by atoms with Crippen LogP contribution in [0.1, 0.15) is 30.7 Å². The zero-order valence-electron chi connectivity index (χ0n) is 9.11. The lowest BCUT2D eigenvalue weighted by molar-refractivity contribution is -0.0293. The van der Waals surface area contributed by atoms with Gasteiger partial charge in [0.2, 0.25) is 0 Å². The first kappa shape index (κ1) is 11.2. The van der Waals surface area contributed by atoms with Gasteiger partial charge in [0.25, 0.3) is 5.71 Å². The van der Waals surface area contributed by atoms with Crippen LogP contribution in [0.3, 0.4) is 0 Å². The third-order valence-electron chi connectivity index (χ3n) is 4.01. The van der Waals surface area contributed by atoms with Gasteiger partial charge >= 0.3 is 0 Å². The van der Waals surface area contributed by atoms with Crippen molar-refractivity contribution in [3.63, 3.8) is 0 Å². The maximum atomic E-state index is 8.81. The molecular weight excluding hydrogens is 257 g/mol. The van der Waals surface area contributed by atoms with Crippen molar-refractivity contribution in [1.82, 2.24) is 4.98 Å². The van der Waals surface area contributed by atoms with Crippen molar-refractivity contribution in [3.05, 3.63) is 33.5 Å². The second-order valence-corrected chi connectivity index (χ2v) is 5.64. The predicted octanol–water partition coefficient (Wildman–Crippen LogP) is 3.57. The summed E-state index contributed by atoms with van der Waals surface area (Å²) in [5, 5.41) is 0.869. The Labute approximate surface area is 109 Å². The maximum absolute atomic E-state index is 8.81. The lowest BCUT2D eigenvalue weighted by Gasteiger charge is -2.23. The van der Waals surface area contributed by atoms with Gasteiger partial charge in [-0.25, -0.2) is 4.98 Å². The molecule has 2 fully saturated rings. The zero-order valence-corrected chi connectivity index (χ0v) is 10.6. The van der Waals surface area contributed by atoms with Crippen molar-refractivity contribution in [1.29, 1.82) is 0 Å². The summed E-state index contributed by atoms with van der Waals surface area (Å²) in [4.78, 5) is 7.44. The standard InChI is InChI=1S/C12H11Cl2N3/c13-10-3-8(5-16-12(10)14)6-1-7-4-11(17-15)9(7)2-6/h3,5-7,9H,1-2,4H2/t6?,7-,9-/m0/s1. The van der Waals surface area contributed by atoms with Crippen LogP contribution in [0.5, 0.6) is 0 Å². The van der Waals surface area contributed by atoms with Gasteiger partial charge in [0, 0.05) is 12.6 Å². The number of halogens is 2. The number of fused-ring (bicyclic) bond motifs is 1. The molecule has 88 valence electrons. The fourth-order valence-electron chi connectivity index (χ4n) is 3.06. The number of pyridine rings is 1. The van der Waals surface area contributed by atoms with E-state index in [0.717, 1.165) is 30.5 Å². The SMILES string of the molecule is [N-]=[N+]=C1C[C@@H]2CC(c3cnc(Cl)c(Cl)c3)C[C@H]12. The molecule has 5 heteroatoms. The fraction of sp³-hybridized carbons (Fsp3) is 0.500. The Morgan fingerprint density at radius 1 is 1.35 bits per heavy atom. The topological polar surface area (TPSA) is 49.3 Å². The van der Waals surface area contributed by atoms with E-state index in [-0.39, 0.29) is 0 Å². The number of aromatic nitrogens is 1. The molecule has 1 aromatic rings. The average molecular weight is 268 g/mol. The van der Waals surface area contributed by atoms with Crippen molar-refractivity contribution in [2.45, 2.75) is 25.2 Å². The minimum atomic E-state index is 0.356. The molecule has 0 saturated heterocycles. The highest BCUT2D eigenvalue weighted by Crippen LogP contribution is 2.51. The van der Waals surface area contributed by atoms with Crippen LogP contribution in [-0.2, 0) is 0 Å². The minimum absolute atomic E-state index is 0.356. The van der Waals surface area contributed by atoms with E-state index in [2.05, 4.69) is 9.77 Å². The molecule has 17 heavy (non-hydrogen) atoms. The van der Waals surface area contributed by atoms with Crippen LogP contribution in [0.25, 0.3) is 5.53 Å². The van der Waals surface area contributed by atoms with E-state index < -0.39 is 0 Å². The Morgan fingerprint density at radius 2 is 2.18 bits per heavy atom. The zero-order chi connectivity index (χ0) is 12.0. The van der Waals surface area contributed by atoms with Gasteiger partial charge in [-0.3, -0.25) is 0 Å². The molecule has 2 aliphatic rings. The number of hydrogen-bond acceptors (Lipinski definition) is 1. The van der Waals surface area contributed by atoms with Crippen LogP contribution in [0.15, 0.2) is 12.3 Å².